The van der Waals surface area contributed by atoms with Crippen LogP contribution >= 0.6 is 0 Å². The van der Waals surface area contributed by atoms with E-state index in [0.29, 0.717) is 11.4 Å². The summed E-state index contributed by atoms with van der Waals surface area (Å²) in [6, 6.07) is 7.04. The molecule has 0 radical (unpaired) electrons. The standard InChI is InChI=1S/C15H24N2O3/c1-14(2,3)17(13(18)19)15(4,5)10-20-12-8-6-11(16)7-9-12/h6-9H,10,16H2,1-5H3,(H,18,19). The van der Waals surface area contributed by atoms with Crippen molar-refractivity contribution in [1.29, 1.82) is 0 Å². The highest BCUT2D eigenvalue weighted by atomic mass is 16.5. The van der Waals surface area contributed by atoms with Crippen LogP contribution in [-0.4, -0.2) is 33.8 Å². The number of carboxylic acid groups (broad SMARTS) is 1. The summed E-state index contributed by atoms with van der Waals surface area (Å²) >= 11 is 0. The van der Waals surface area contributed by atoms with E-state index in [1.165, 1.54) is 4.90 Å². The molecule has 0 aliphatic heterocycles. The second kappa shape index (κ2) is 5.61. The number of hydrogen-bond acceptors (Lipinski definition) is 3. The van der Waals surface area contributed by atoms with Crippen molar-refractivity contribution < 1.29 is 14.6 Å². The van der Waals surface area contributed by atoms with E-state index in [0.717, 1.165) is 0 Å². The number of benzene rings is 1. The first-order valence-electron chi connectivity index (χ1n) is 6.55. The molecule has 1 amide bonds. The van der Waals surface area contributed by atoms with Crippen molar-refractivity contribution in [3.05, 3.63) is 24.3 Å². The fourth-order valence-corrected chi connectivity index (χ4v) is 2.34. The SMILES string of the molecule is CC(C)(C)N(C(=O)O)C(C)(C)COc1ccc(N)cc1. The van der Waals surface area contributed by atoms with E-state index in [2.05, 4.69) is 0 Å². The number of nitrogens with zero attached hydrogens (tertiary/aromatic N) is 1. The Morgan fingerprint density at radius 1 is 1.20 bits per heavy atom. The summed E-state index contributed by atoms with van der Waals surface area (Å²) in [6.45, 7) is 9.57. The highest BCUT2D eigenvalue weighted by Crippen LogP contribution is 2.26. The molecule has 0 atom stereocenters. The molecular weight excluding hydrogens is 256 g/mol. The first-order valence-corrected chi connectivity index (χ1v) is 6.55. The number of hydrogen-bond donors (Lipinski definition) is 2. The maximum Gasteiger partial charge on any atom is 0.408 e. The molecule has 1 rings (SSSR count). The van der Waals surface area contributed by atoms with E-state index >= 15 is 0 Å². The molecule has 0 aliphatic rings. The van der Waals surface area contributed by atoms with Gasteiger partial charge in [-0.2, -0.15) is 0 Å². The molecule has 0 bridgehead atoms. The fourth-order valence-electron chi connectivity index (χ4n) is 2.34. The van der Waals surface area contributed by atoms with E-state index in [4.69, 9.17) is 10.5 Å². The maximum absolute atomic E-state index is 11.5. The topological polar surface area (TPSA) is 75.8 Å². The van der Waals surface area contributed by atoms with Crippen molar-refractivity contribution in [2.75, 3.05) is 12.3 Å². The molecule has 0 saturated heterocycles. The minimum Gasteiger partial charge on any atom is -0.491 e. The molecular formula is C15H24N2O3. The Labute approximate surface area is 120 Å². The molecule has 5 nitrogen and oxygen atoms in total. The van der Waals surface area contributed by atoms with Gasteiger partial charge in [-0.1, -0.05) is 0 Å². The lowest BCUT2D eigenvalue weighted by Crippen LogP contribution is -2.59. The van der Waals surface area contributed by atoms with Gasteiger partial charge in [0.1, 0.15) is 12.4 Å². The maximum atomic E-state index is 11.5. The molecule has 5 heteroatoms. The first-order chi connectivity index (χ1) is 9.04. The first kappa shape index (κ1) is 16.1. The summed E-state index contributed by atoms with van der Waals surface area (Å²) in [5, 5.41) is 9.43. The zero-order chi connectivity index (χ0) is 15.6. The molecule has 0 aliphatic carbocycles. The molecule has 0 saturated carbocycles. The van der Waals surface area contributed by atoms with Crippen molar-refractivity contribution in [3.8, 4) is 5.75 Å². The molecule has 20 heavy (non-hydrogen) atoms. The number of anilines is 1. The van der Waals surface area contributed by atoms with Gasteiger partial charge in [0.2, 0.25) is 0 Å². The molecule has 1 aromatic carbocycles. The monoisotopic (exact) mass is 280 g/mol. The summed E-state index contributed by atoms with van der Waals surface area (Å²) < 4.78 is 5.69. The van der Waals surface area contributed by atoms with Gasteiger partial charge in [0.15, 0.2) is 0 Å². The number of carbonyl (C=O) groups is 1. The highest BCUT2D eigenvalue weighted by molar-refractivity contribution is 5.67. The van der Waals surface area contributed by atoms with Crippen molar-refractivity contribution in [3.63, 3.8) is 0 Å². The molecule has 0 unspecified atom stereocenters. The van der Waals surface area contributed by atoms with Crippen LogP contribution in [0, 0.1) is 0 Å². The fraction of sp³-hybridized carbons (Fsp3) is 0.533. The summed E-state index contributed by atoms with van der Waals surface area (Å²) in [7, 11) is 0. The van der Waals surface area contributed by atoms with Crippen LogP contribution in [0.15, 0.2) is 24.3 Å². The number of nitrogens with two attached hydrogens (primary N) is 1. The predicted molar refractivity (Wildman–Crippen MR) is 80.0 cm³/mol. The Morgan fingerprint density at radius 2 is 1.70 bits per heavy atom. The Balaban J connectivity index is 2.82. The second-order valence-electron chi connectivity index (χ2n) is 6.46. The Hall–Kier alpha value is -1.91. The van der Waals surface area contributed by atoms with Crippen molar-refractivity contribution in [2.24, 2.45) is 0 Å². The van der Waals surface area contributed by atoms with Crippen LogP contribution in [-0.2, 0) is 0 Å². The predicted octanol–water partition coefficient (Wildman–Crippen LogP) is 3.20. The zero-order valence-electron chi connectivity index (χ0n) is 12.8. The number of nitrogen functional groups attached to an aromatic ring is 1. The molecule has 112 valence electrons. The average Bonchev–Trinajstić information content (AvgIpc) is 2.25. The van der Waals surface area contributed by atoms with Crippen molar-refractivity contribution >= 4 is 11.8 Å². The third kappa shape index (κ3) is 4.05. The van der Waals surface area contributed by atoms with E-state index in [9.17, 15) is 9.90 Å². The van der Waals surface area contributed by atoms with Gasteiger partial charge in [-0.25, -0.2) is 4.79 Å². The van der Waals surface area contributed by atoms with Gasteiger partial charge in [-0.05, 0) is 58.9 Å². The van der Waals surface area contributed by atoms with E-state index in [1.807, 2.05) is 34.6 Å². The van der Waals surface area contributed by atoms with Gasteiger partial charge in [-0.15, -0.1) is 0 Å². The van der Waals surface area contributed by atoms with Gasteiger partial charge in [0.05, 0.1) is 5.54 Å². The normalized spacial score (nSPS) is 12.1. The third-order valence-corrected chi connectivity index (χ3v) is 2.94. The molecule has 0 heterocycles. The van der Waals surface area contributed by atoms with Gasteiger partial charge in [-0.3, -0.25) is 4.90 Å². The molecule has 0 aromatic heterocycles. The van der Waals surface area contributed by atoms with E-state index in [1.54, 1.807) is 24.3 Å². The van der Waals surface area contributed by atoms with Crippen LogP contribution in [0.25, 0.3) is 0 Å². The number of amides is 1. The lowest BCUT2D eigenvalue weighted by molar-refractivity contribution is 0.00942. The number of ether oxygens (including phenoxy) is 1. The van der Waals surface area contributed by atoms with Crippen molar-refractivity contribution in [1.82, 2.24) is 4.90 Å². The van der Waals surface area contributed by atoms with Gasteiger partial charge in [0, 0.05) is 11.2 Å². The van der Waals surface area contributed by atoms with Crippen LogP contribution in [0.4, 0.5) is 10.5 Å². The number of rotatable bonds is 4. The molecule has 0 fully saturated rings. The second-order valence-corrected chi connectivity index (χ2v) is 6.46. The quantitative estimate of drug-likeness (QED) is 0.830. The van der Waals surface area contributed by atoms with Gasteiger partial charge >= 0.3 is 6.09 Å². The summed E-state index contributed by atoms with van der Waals surface area (Å²) in [5.74, 6) is 0.673. The molecule has 3 N–H and O–H groups in total. The van der Waals surface area contributed by atoms with Crippen LogP contribution in [0.3, 0.4) is 0 Å². The largest absolute Gasteiger partial charge is 0.491 e. The summed E-state index contributed by atoms with van der Waals surface area (Å²) in [6.07, 6.45) is -0.955. The summed E-state index contributed by atoms with van der Waals surface area (Å²) in [4.78, 5) is 12.9. The molecule has 0 spiro atoms. The Kier molecular flexibility index (Phi) is 4.53. The summed E-state index contributed by atoms with van der Waals surface area (Å²) in [5.41, 5.74) is 5.13. The van der Waals surface area contributed by atoms with E-state index in [-0.39, 0.29) is 6.61 Å². The minimum absolute atomic E-state index is 0.264. The minimum atomic E-state index is -0.955. The third-order valence-electron chi connectivity index (χ3n) is 2.94. The van der Waals surface area contributed by atoms with Crippen LogP contribution in [0.2, 0.25) is 0 Å². The van der Waals surface area contributed by atoms with Crippen LogP contribution < -0.4 is 10.5 Å². The zero-order valence-corrected chi connectivity index (χ0v) is 12.8. The van der Waals surface area contributed by atoms with Crippen LogP contribution in [0.1, 0.15) is 34.6 Å². The lowest BCUT2D eigenvalue weighted by atomic mass is 9.96. The Bertz CT molecular complexity index is 461. The van der Waals surface area contributed by atoms with Gasteiger partial charge in [0.25, 0.3) is 0 Å². The smallest absolute Gasteiger partial charge is 0.408 e. The van der Waals surface area contributed by atoms with Crippen molar-refractivity contribution in [2.45, 2.75) is 45.7 Å². The van der Waals surface area contributed by atoms with Crippen LogP contribution in [0.5, 0.6) is 5.75 Å². The van der Waals surface area contributed by atoms with Gasteiger partial charge < -0.3 is 15.6 Å². The molecule has 1 aromatic rings. The average molecular weight is 280 g/mol. The van der Waals surface area contributed by atoms with E-state index < -0.39 is 17.2 Å². The lowest BCUT2D eigenvalue weighted by Gasteiger charge is -2.44. The Morgan fingerprint density at radius 3 is 2.10 bits per heavy atom. The highest BCUT2D eigenvalue weighted by Gasteiger charge is 2.39.